The summed E-state index contributed by atoms with van der Waals surface area (Å²) in [4.78, 5) is 5.75. The molecular weight excluding hydrogens is 282 g/mol. The van der Waals surface area contributed by atoms with Gasteiger partial charge in [0.15, 0.2) is 5.82 Å². The minimum absolute atomic E-state index is 0.563. The van der Waals surface area contributed by atoms with E-state index in [0.29, 0.717) is 6.04 Å². The Morgan fingerprint density at radius 3 is 3.14 bits per heavy atom. The lowest BCUT2D eigenvalue weighted by atomic mass is 10.1. The van der Waals surface area contributed by atoms with Crippen LogP contribution in [0.1, 0.15) is 24.1 Å². The normalized spacial score (nSPS) is 18.9. The number of hydrogen-bond acceptors (Lipinski definition) is 5. The SMILES string of the molecule is Cc1cc(C)c2c(n1)sc1c(NCC3CCCN3)n[nH]c12. The molecule has 4 rings (SSSR count). The van der Waals surface area contributed by atoms with E-state index < -0.39 is 0 Å². The van der Waals surface area contributed by atoms with Crippen molar-refractivity contribution in [2.45, 2.75) is 32.7 Å². The Morgan fingerprint density at radius 1 is 1.43 bits per heavy atom. The maximum absolute atomic E-state index is 4.66. The van der Waals surface area contributed by atoms with Crippen LogP contribution in [0.4, 0.5) is 5.82 Å². The van der Waals surface area contributed by atoms with Gasteiger partial charge < -0.3 is 10.6 Å². The third-order valence-electron chi connectivity index (χ3n) is 4.16. The monoisotopic (exact) mass is 301 g/mol. The van der Waals surface area contributed by atoms with Crippen molar-refractivity contribution in [3.8, 4) is 0 Å². The van der Waals surface area contributed by atoms with Gasteiger partial charge in [-0.15, -0.1) is 11.3 Å². The fourth-order valence-electron chi connectivity index (χ4n) is 3.15. The molecule has 0 radical (unpaired) electrons. The second kappa shape index (κ2) is 4.96. The summed E-state index contributed by atoms with van der Waals surface area (Å²) < 4.78 is 1.18. The highest BCUT2D eigenvalue weighted by Gasteiger charge is 2.18. The summed E-state index contributed by atoms with van der Waals surface area (Å²) in [5, 5.41) is 15.8. The Labute approximate surface area is 127 Å². The van der Waals surface area contributed by atoms with Gasteiger partial charge >= 0.3 is 0 Å². The van der Waals surface area contributed by atoms with E-state index in [1.165, 1.54) is 28.5 Å². The summed E-state index contributed by atoms with van der Waals surface area (Å²) >= 11 is 1.72. The Hall–Kier alpha value is -1.66. The van der Waals surface area contributed by atoms with Crippen LogP contribution in [0.3, 0.4) is 0 Å². The van der Waals surface area contributed by atoms with Crippen LogP contribution in [-0.2, 0) is 0 Å². The number of hydrogen-bond donors (Lipinski definition) is 3. The quantitative estimate of drug-likeness (QED) is 0.696. The summed E-state index contributed by atoms with van der Waals surface area (Å²) in [6.45, 7) is 6.25. The van der Waals surface area contributed by atoms with Gasteiger partial charge in [-0.2, -0.15) is 5.10 Å². The molecule has 0 spiro atoms. The van der Waals surface area contributed by atoms with Gasteiger partial charge in [0.2, 0.25) is 0 Å². The van der Waals surface area contributed by atoms with E-state index in [1.807, 2.05) is 6.92 Å². The maximum atomic E-state index is 4.66. The van der Waals surface area contributed by atoms with E-state index >= 15 is 0 Å². The van der Waals surface area contributed by atoms with E-state index in [2.05, 4.69) is 38.8 Å². The molecule has 3 aromatic heterocycles. The van der Waals surface area contributed by atoms with Crippen LogP contribution in [0.15, 0.2) is 6.07 Å². The van der Waals surface area contributed by atoms with Crippen molar-refractivity contribution >= 4 is 37.6 Å². The predicted octanol–water partition coefficient (Wildman–Crippen LogP) is 2.95. The van der Waals surface area contributed by atoms with Crippen molar-refractivity contribution < 1.29 is 0 Å². The summed E-state index contributed by atoms with van der Waals surface area (Å²) in [6, 6.07) is 2.69. The van der Waals surface area contributed by atoms with Crippen molar-refractivity contribution in [1.29, 1.82) is 0 Å². The summed E-state index contributed by atoms with van der Waals surface area (Å²) in [5.41, 5.74) is 3.44. The molecule has 0 aromatic carbocycles. The molecule has 6 heteroatoms. The zero-order valence-corrected chi connectivity index (χ0v) is 13.1. The van der Waals surface area contributed by atoms with Gasteiger partial charge in [-0.3, -0.25) is 5.10 Å². The van der Waals surface area contributed by atoms with Gasteiger partial charge in [0.05, 0.1) is 10.2 Å². The first kappa shape index (κ1) is 13.0. The Morgan fingerprint density at radius 2 is 2.33 bits per heavy atom. The van der Waals surface area contributed by atoms with E-state index in [9.17, 15) is 0 Å². The van der Waals surface area contributed by atoms with Crippen LogP contribution in [0.5, 0.6) is 0 Å². The van der Waals surface area contributed by atoms with Gasteiger partial charge in [-0.05, 0) is 44.9 Å². The molecule has 1 aliphatic rings. The largest absolute Gasteiger partial charge is 0.366 e. The van der Waals surface area contributed by atoms with Crippen LogP contribution in [0, 0.1) is 13.8 Å². The van der Waals surface area contributed by atoms with Crippen molar-refractivity contribution in [2.75, 3.05) is 18.4 Å². The Kier molecular flexibility index (Phi) is 3.08. The van der Waals surface area contributed by atoms with Crippen molar-refractivity contribution in [1.82, 2.24) is 20.5 Å². The third-order valence-corrected chi connectivity index (χ3v) is 5.25. The highest BCUT2D eigenvalue weighted by Crippen LogP contribution is 2.37. The first-order valence-corrected chi connectivity index (χ1v) is 8.26. The second-order valence-electron chi connectivity index (χ2n) is 5.81. The highest BCUT2D eigenvalue weighted by atomic mass is 32.1. The number of aromatic nitrogens is 3. The summed E-state index contributed by atoms with van der Waals surface area (Å²) in [7, 11) is 0. The number of aromatic amines is 1. The minimum Gasteiger partial charge on any atom is -0.366 e. The first-order valence-electron chi connectivity index (χ1n) is 7.44. The molecule has 3 N–H and O–H groups in total. The predicted molar refractivity (Wildman–Crippen MR) is 88.3 cm³/mol. The van der Waals surface area contributed by atoms with Gasteiger partial charge in [-0.25, -0.2) is 4.98 Å². The van der Waals surface area contributed by atoms with E-state index in [-0.39, 0.29) is 0 Å². The minimum atomic E-state index is 0.563. The molecule has 3 aromatic rings. The lowest BCUT2D eigenvalue weighted by molar-refractivity contribution is 0.632. The van der Waals surface area contributed by atoms with E-state index in [4.69, 9.17) is 0 Å². The van der Waals surface area contributed by atoms with Gasteiger partial charge in [0, 0.05) is 23.7 Å². The molecule has 0 aliphatic carbocycles. The second-order valence-corrected chi connectivity index (χ2v) is 6.81. The molecule has 1 atom stereocenters. The smallest absolute Gasteiger partial charge is 0.166 e. The Bertz CT molecular complexity index is 797. The fourth-order valence-corrected chi connectivity index (χ4v) is 4.36. The van der Waals surface area contributed by atoms with Crippen molar-refractivity contribution in [3.63, 3.8) is 0 Å². The molecular formula is C15H19N5S. The van der Waals surface area contributed by atoms with Crippen LogP contribution in [0.25, 0.3) is 20.4 Å². The molecule has 4 heterocycles. The fraction of sp³-hybridized carbons (Fsp3) is 0.467. The van der Waals surface area contributed by atoms with E-state index in [0.717, 1.165) is 34.9 Å². The average molecular weight is 301 g/mol. The van der Waals surface area contributed by atoms with Crippen LogP contribution >= 0.6 is 11.3 Å². The van der Waals surface area contributed by atoms with Crippen LogP contribution < -0.4 is 10.6 Å². The highest BCUT2D eigenvalue weighted by molar-refractivity contribution is 7.26. The number of H-pyrrole nitrogens is 1. The molecule has 0 saturated carbocycles. The van der Waals surface area contributed by atoms with Crippen LogP contribution in [0.2, 0.25) is 0 Å². The number of nitrogens with zero attached hydrogens (tertiary/aromatic N) is 2. The number of nitrogens with one attached hydrogen (secondary N) is 3. The van der Waals surface area contributed by atoms with Gasteiger partial charge in [-0.1, -0.05) is 0 Å². The number of rotatable bonds is 3. The number of thiophene rings is 1. The number of pyridine rings is 1. The molecule has 5 nitrogen and oxygen atoms in total. The van der Waals surface area contributed by atoms with Gasteiger partial charge in [0.25, 0.3) is 0 Å². The number of anilines is 1. The molecule has 1 fully saturated rings. The van der Waals surface area contributed by atoms with Crippen molar-refractivity contribution in [3.05, 3.63) is 17.3 Å². The zero-order valence-electron chi connectivity index (χ0n) is 12.3. The molecule has 0 amide bonds. The Balaban J connectivity index is 1.71. The lowest BCUT2D eigenvalue weighted by Gasteiger charge is -2.10. The molecule has 0 bridgehead atoms. The molecule has 1 saturated heterocycles. The van der Waals surface area contributed by atoms with Crippen LogP contribution in [-0.4, -0.2) is 34.3 Å². The standard InChI is InChI=1S/C15H19N5S/c1-8-6-9(2)18-15-11(8)12-13(21-15)14(20-19-12)17-7-10-4-3-5-16-10/h6,10,16H,3-5,7H2,1-2H3,(H2,17,19,20). The number of aryl methyl sites for hydroxylation is 2. The molecule has 21 heavy (non-hydrogen) atoms. The molecule has 1 unspecified atom stereocenters. The topological polar surface area (TPSA) is 65.6 Å². The van der Waals surface area contributed by atoms with E-state index in [1.54, 1.807) is 11.3 Å². The lowest BCUT2D eigenvalue weighted by Crippen LogP contribution is -2.29. The molecule has 110 valence electrons. The maximum Gasteiger partial charge on any atom is 0.166 e. The summed E-state index contributed by atoms with van der Waals surface area (Å²) in [5.74, 6) is 0.957. The van der Waals surface area contributed by atoms with Crippen molar-refractivity contribution in [2.24, 2.45) is 0 Å². The number of fused-ring (bicyclic) bond motifs is 3. The molecule has 1 aliphatic heterocycles. The van der Waals surface area contributed by atoms with Gasteiger partial charge in [0.1, 0.15) is 4.83 Å². The first-order chi connectivity index (χ1) is 10.2. The third kappa shape index (κ3) is 2.18. The zero-order chi connectivity index (χ0) is 14.4. The average Bonchev–Trinajstić information content (AvgIpc) is 3.11. The summed E-state index contributed by atoms with van der Waals surface area (Å²) in [6.07, 6.45) is 2.51.